The fraction of sp³-hybridized carbons (Fsp3) is 0.400. The first-order chi connectivity index (χ1) is 16.7. The normalized spacial score (nSPS) is 16.7. The number of rotatable bonds is 6. The Bertz CT molecular complexity index is 1350. The summed E-state index contributed by atoms with van der Waals surface area (Å²) in [7, 11) is 1.39. The Balaban J connectivity index is 1.56. The Hall–Kier alpha value is -3.71. The number of hydrogen-bond donors (Lipinski definition) is 1. The van der Waals surface area contributed by atoms with Crippen LogP contribution >= 0.6 is 0 Å². The molecule has 0 saturated carbocycles. The molecule has 182 valence electrons. The minimum absolute atomic E-state index is 0.0226. The highest BCUT2D eigenvalue weighted by Gasteiger charge is 2.50. The van der Waals surface area contributed by atoms with E-state index in [1.165, 1.54) is 13.2 Å². The van der Waals surface area contributed by atoms with Crippen molar-refractivity contribution >= 4 is 11.6 Å². The zero-order valence-electron chi connectivity index (χ0n) is 19.6. The molecule has 8 nitrogen and oxygen atoms in total. The molecule has 1 amide bonds. The molecule has 2 aliphatic heterocycles. The zero-order chi connectivity index (χ0) is 25.0. The first kappa shape index (κ1) is 23.1. The third-order valence-electron chi connectivity index (χ3n) is 6.87. The van der Waals surface area contributed by atoms with E-state index < -0.39 is 17.9 Å². The summed E-state index contributed by atoms with van der Waals surface area (Å²) in [5.74, 6) is -0.500. The number of imidazole rings is 1. The molecule has 3 aromatic rings. The van der Waals surface area contributed by atoms with Crippen molar-refractivity contribution in [2.75, 3.05) is 33.3 Å². The summed E-state index contributed by atoms with van der Waals surface area (Å²) < 4.78 is 38.8. The first-order valence-electron chi connectivity index (χ1n) is 11.2. The molecule has 35 heavy (non-hydrogen) atoms. The highest BCUT2D eigenvalue weighted by atomic mass is 19.3. The van der Waals surface area contributed by atoms with Crippen LogP contribution in [-0.2, 0) is 5.41 Å². The lowest BCUT2D eigenvalue weighted by Crippen LogP contribution is -2.71. The quantitative estimate of drug-likeness (QED) is 0.580. The Kier molecular flexibility index (Phi) is 5.40. The second-order valence-electron chi connectivity index (χ2n) is 9.72. The highest BCUT2D eigenvalue weighted by molar-refractivity contribution is 6.01. The Morgan fingerprint density at radius 2 is 1.97 bits per heavy atom. The second-order valence-corrected chi connectivity index (χ2v) is 9.72. The number of likely N-dealkylation sites (tertiary alicyclic amines) is 1. The molecule has 2 saturated heterocycles. The largest absolute Gasteiger partial charge is 0.496 e. The number of carbonyl (C=O) groups is 1. The van der Waals surface area contributed by atoms with Crippen molar-refractivity contribution in [3.05, 3.63) is 47.8 Å². The van der Waals surface area contributed by atoms with Gasteiger partial charge in [0.05, 0.1) is 30.5 Å². The van der Waals surface area contributed by atoms with Crippen molar-refractivity contribution in [1.82, 2.24) is 19.6 Å². The molecular formula is C25H25F2N5O3. The number of nitriles is 1. The number of benzene rings is 1. The number of halogens is 2. The highest BCUT2D eigenvalue weighted by Crippen LogP contribution is 2.41. The van der Waals surface area contributed by atoms with Gasteiger partial charge >= 0.3 is 6.61 Å². The van der Waals surface area contributed by atoms with Crippen LogP contribution in [0, 0.1) is 16.7 Å². The number of hydrogen-bond acceptors (Lipinski definition) is 6. The summed E-state index contributed by atoms with van der Waals surface area (Å²) in [6.07, 6.45) is 3.38. The van der Waals surface area contributed by atoms with Crippen LogP contribution in [0.1, 0.15) is 29.8 Å². The molecule has 0 aliphatic carbocycles. The number of nitrogens with one attached hydrogen (secondary N) is 1. The molecule has 1 N–H and O–H groups in total. The lowest BCUT2D eigenvalue weighted by molar-refractivity contribution is -0.0513. The number of alkyl halides is 2. The number of carbonyl (C=O) groups excluding carboxylic acids is 1. The van der Waals surface area contributed by atoms with Crippen LogP contribution in [0.25, 0.3) is 16.9 Å². The van der Waals surface area contributed by atoms with Crippen LogP contribution in [0.2, 0.25) is 0 Å². The molecule has 5 rings (SSSR count). The Labute approximate surface area is 201 Å². The van der Waals surface area contributed by atoms with Gasteiger partial charge in [0.1, 0.15) is 22.7 Å². The number of nitrogens with zero attached hydrogens (tertiary/aromatic N) is 4. The third kappa shape index (κ3) is 3.86. The second kappa shape index (κ2) is 8.20. The van der Waals surface area contributed by atoms with Crippen molar-refractivity contribution in [3.63, 3.8) is 0 Å². The van der Waals surface area contributed by atoms with Crippen molar-refractivity contribution in [1.29, 1.82) is 5.26 Å². The van der Waals surface area contributed by atoms with Gasteiger partial charge in [-0.2, -0.15) is 14.0 Å². The monoisotopic (exact) mass is 481 g/mol. The fourth-order valence-corrected chi connectivity index (χ4v) is 4.71. The molecule has 2 aliphatic rings. The average molecular weight is 482 g/mol. The maximum absolute atomic E-state index is 13.4. The minimum atomic E-state index is -3.11. The fourth-order valence-electron chi connectivity index (χ4n) is 4.71. The molecule has 0 bridgehead atoms. The van der Waals surface area contributed by atoms with E-state index in [0.29, 0.717) is 30.0 Å². The van der Waals surface area contributed by atoms with Crippen molar-refractivity contribution < 1.29 is 23.0 Å². The maximum Gasteiger partial charge on any atom is 0.387 e. The third-order valence-corrected chi connectivity index (χ3v) is 6.87. The first-order valence-corrected chi connectivity index (χ1v) is 11.2. The minimum Gasteiger partial charge on any atom is -0.496 e. The van der Waals surface area contributed by atoms with Crippen LogP contribution in [0.15, 0.2) is 36.7 Å². The van der Waals surface area contributed by atoms with Gasteiger partial charge in [-0.3, -0.25) is 9.20 Å². The lowest BCUT2D eigenvalue weighted by atomic mass is 9.74. The Morgan fingerprint density at radius 1 is 1.26 bits per heavy atom. The van der Waals surface area contributed by atoms with E-state index in [-0.39, 0.29) is 22.5 Å². The summed E-state index contributed by atoms with van der Waals surface area (Å²) in [5.41, 5.74) is 1.86. The molecule has 4 heterocycles. The van der Waals surface area contributed by atoms with Crippen molar-refractivity contribution in [2.24, 2.45) is 5.41 Å². The summed E-state index contributed by atoms with van der Waals surface area (Å²) in [6.45, 7) is 3.33. The van der Waals surface area contributed by atoms with E-state index in [0.717, 1.165) is 18.7 Å². The van der Waals surface area contributed by atoms with Gasteiger partial charge in [-0.25, -0.2) is 4.98 Å². The SMILES string of the molecule is COc1cc(-c2cnc3cc(C(C)(C)C#N)ccn23)cc(OC(F)F)c1C(=O)N1CC2(CNC2)C1. The van der Waals surface area contributed by atoms with Gasteiger partial charge in [0.25, 0.3) is 5.91 Å². The molecule has 1 spiro atoms. The standard InChI is InChI=1S/C25H25F2N5O3/c1-24(2,10-28)16-4-5-32-17(9-30-20(32)8-16)15-6-18(34-3)21(19(7-15)35-23(26)27)22(33)31-13-25(14-31)11-29-12-25/h4-9,23,29H,11-14H2,1-3H3. The molecule has 1 aromatic carbocycles. The molecule has 2 aromatic heterocycles. The molecular weight excluding hydrogens is 456 g/mol. The summed E-state index contributed by atoms with van der Waals surface area (Å²) in [6, 6.07) is 8.95. The summed E-state index contributed by atoms with van der Waals surface area (Å²) in [5, 5.41) is 12.6. The topological polar surface area (TPSA) is 91.9 Å². The van der Waals surface area contributed by atoms with Gasteiger partial charge in [0, 0.05) is 43.4 Å². The lowest BCUT2D eigenvalue weighted by Gasteiger charge is -2.56. The van der Waals surface area contributed by atoms with Crippen LogP contribution in [0.4, 0.5) is 8.78 Å². The van der Waals surface area contributed by atoms with Crippen molar-refractivity contribution in [3.8, 4) is 28.8 Å². The molecule has 2 fully saturated rings. The van der Waals surface area contributed by atoms with Gasteiger partial charge in [0.15, 0.2) is 0 Å². The number of pyridine rings is 1. The molecule has 10 heteroatoms. The number of amides is 1. The predicted molar refractivity (Wildman–Crippen MR) is 124 cm³/mol. The number of ether oxygens (including phenoxy) is 2. The van der Waals surface area contributed by atoms with Gasteiger partial charge in [-0.05, 0) is 43.7 Å². The summed E-state index contributed by atoms with van der Waals surface area (Å²) in [4.78, 5) is 19.3. The van der Waals surface area contributed by atoms with Crippen LogP contribution in [-0.4, -0.2) is 60.1 Å². The summed E-state index contributed by atoms with van der Waals surface area (Å²) >= 11 is 0. The smallest absolute Gasteiger partial charge is 0.387 e. The van der Waals surface area contributed by atoms with E-state index in [9.17, 15) is 18.8 Å². The number of fused-ring (bicyclic) bond motifs is 1. The zero-order valence-corrected chi connectivity index (χ0v) is 19.6. The Morgan fingerprint density at radius 3 is 2.57 bits per heavy atom. The maximum atomic E-state index is 13.4. The van der Waals surface area contributed by atoms with E-state index in [1.807, 2.05) is 26.0 Å². The van der Waals surface area contributed by atoms with Gasteiger partial charge in [-0.15, -0.1) is 0 Å². The average Bonchev–Trinajstić information content (AvgIpc) is 3.19. The van der Waals surface area contributed by atoms with Crippen LogP contribution < -0.4 is 14.8 Å². The van der Waals surface area contributed by atoms with Crippen LogP contribution in [0.3, 0.4) is 0 Å². The van der Waals surface area contributed by atoms with Gasteiger partial charge < -0.3 is 19.7 Å². The van der Waals surface area contributed by atoms with Gasteiger partial charge in [-0.1, -0.05) is 0 Å². The number of aromatic nitrogens is 2. The molecule has 0 unspecified atom stereocenters. The van der Waals surface area contributed by atoms with E-state index >= 15 is 0 Å². The predicted octanol–water partition coefficient (Wildman–Crippen LogP) is 3.46. The van der Waals surface area contributed by atoms with Gasteiger partial charge in [0.2, 0.25) is 0 Å². The van der Waals surface area contributed by atoms with Crippen molar-refractivity contribution in [2.45, 2.75) is 25.9 Å². The van der Waals surface area contributed by atoms with E-state index in [4.69, 9.17) is 9.47 Å². The van der Waals surface area contributed by atoms with E-state index in [2.05, 4.69) is 16.4 Å². The number of methoxy groups -OCH3 is 1. The molecule has 0 atom stereocenters. The van der Waals surface area contributed by atoms with Crippen LogP contribution in [0.5, 0.6) is 11.5 Å². The molecule has 0 radical (unpaired) electrons. The van der Waals surface area contributed by atoms with E-state index in [1.54, 1.807) is 27.8 Å².